The average Bonchev–Trinajstić information content (AvgIpc) is 2.16. The third-order valence-corrected chi connectivity index (χ3v) is 1.38. The number of carbonyl (C=O) groups is 3. The first kappa shape index (κ1) is 17.0. The standard InChI is InChI=1S/C6H8O6.C4H10/c1-3(7)12-6(11)4(8)2-5(9)10;1-3-4-2/h4,8H,2H2,1H3,(H,9,10);3-4H2,1-2H3. The predicted molar refractivity (Wildman–Crippen MR) is 55.6 cm³/mol. The van der Waals surface area contributed by atoms with Crippen LogP contribution in [0.1, 0.15) is 40.0 Å². The molecule has 16 heavy (non-hydrogen) atoms. The molecule has 0 rings (SSSR count). The smallest absolute Gasteiger partial charge is 0.343 e. The first-order valence-corrected chi connectivity index (χ1v) is 4.97. The van der Waals surface area contributed by atoms with Gasteiger partial charge in [-0.1, -0.05) is 26.7 Å². The predicted octanol–water partition coefficient (Wildman–Crippen LogP) is 0.718. The molecule has 0 fully saturated rings. The van der Waals surface area contributed by atoms with E-state index in [9.17, 15) is 14.4 Å². The van der Waals surface area contributed by atoms with Gasteiger partial charge in [-0.2, -0.15) is 0 Å². The summed E-state index contributed by atoms with van der Waals surface area (Å²) >= 11 is 0. The first-order valence-electron chi connectivity index (χ1n) is 4.97. The molecule has 0 aliphatic rings. The fourth-order valence-electron chi connectivity index (χ4n) is 0.458. The van der Waals surface area contributed by atoms with Crippen LogP contribution in [-0.4, -0.2) is 34.2 Å². The van der Waals surface area contributed by atoms with Crippen molar-refractivity contribution in [1.29, 1.82) is 0 Å². The van der Waals surface area contributed by atoms with Crippen LogP contribution in [0.4, 0.5) is 0 Å². The number of hydrogen-bond donors (Lipinski definition) is 2. The molecule has 0 saturated heterocycles. The van der Waals surface area contributed by atoms with Crippen LogP contribution in [-0.2, 0) is 19.1 Å². The SMILES string of the molecule is CC(=O)OC(=O)C(O)CC(=O)O.CCCC. The van der Waals surface area contributed by atoms with E-state index < -0.39 is 30.4 Å². The van der Waals surface area contributed by atoms with Crippen molar-refractivity contribution in [3.8, 4) is 0 Å². The normalized spacial score (nSPS) is 10.8. The first-order chi connectivity index (χ1) is 7.34. The van der Waals surface area contributed by atoms with Gasteiger partial charge in [0.05, 0.1) is 6.42 Å². The summed E-state index contributed by atoms with van der Waals surface area (Å²) < 4.78 is 3.92. The summed E-state index contributed by atoms with van der Waals surface area (Å²) in [5.41, 5.74) is 0. The number of rotatable bonds is 4. The second kappa shape index (κ2) is 10.1. The fourth-order valence-corrected chi connectivity index (χ4v) is 0.458. The van der Waals surface area contributed by atoms with E-state index in [0.717, 1.165) is 6.92 Å². The number of esters is 2. The lowest BCUT2D eigenvalue weighted by molar-refractivity contribution is -0.167. The zero-order valence-electron chi connectivity index (χ0n) is 9.73. The van der Waals surface area contributed by atoms with Crippen LogP contribution in [0.15, 0.2) is 0 Å². The number of unbranched alkanes of at least 4 members (excludes halogenated alkanes) is 1. The third kappa shape index (κ3) is 12.6. The largest absolute Gasteiger partial charge is 0.481 e. The highest BCUT2D eigenvalue weighted by Gasteiger charge is 2.21. The van der Waals surface area contributed by atoms with E-state index in [0.29, 0.717) is 0 Å². The van der Waals surface area contributed by atoms with Crippen LogP contribution in [0.3, 0.4) is 0 Å². The molecule has 6 heteroatoms. The van der Waals surface area contributed by atoms with Gasteiger partial charge < -0.3 is 14.9 Å². The van der Waals surface area contributed by atoms with Crippen molar-refractivity contribution >= 4 is 17.9 Å². The summed E-state index contributed by atoms with van der Waals surface area (Å²) in [5.74, 6) is -3.47. The van der Waals surface area contributed by atoms with E-state index in [2.05, 4.69) is 18.6 Å². The Labute approximate surface area is 94.2 Å². The molecule has 0 radical (unpaired) electrons. The number of ether oxygens (including phenoxy) is 1. The molecule has 0 aliphatic carbocycles. The number of carboxylic acids is 1. The Hall–Kier alpha value is -1.43. The number of carboxylic acid groups (broad SMARTS) is 1. The minimum absolute atomic E-state index is 0.772. The van der Waals surface area contributed by atoms with Crippen molar-refractivity contribution in [2.24, 2.45) is 0 Å². The lowest BCUT2D eigenvalue weighted by atomic mass is 10.2. The van der Waals surface area contributed by atoms with Crippen molar-refractivity contribution in [2.75, 3.05) is 0 Å². The van der Waals surface area contributed by atoms with Crippen molar-refractivity contribution in [3.63, 3.8) is 0 Å². The molecule has 6 nitrogen and oxygen atoms in total. The number of aliphatic hydroxyl groups excluding tert-OH is 1. The molecule has 94 valence electrons. The fraction of sp³-hybridized carbons (Fsp3) is 0.700. The molecule has 0 saturated carbocycles. The Morgan fingerprint density at radius 2 is 1.62 bits per heavy atom. The highest BCUT2D eigenvalue weighted by atomic mass is 16.6. The summed E-state index contributed by atoms with van der Waals surface area (Å²) in [5, 5.41) is 16.8. The van der Waals surface area contributed by atoms with Crippen LogP contribution >= 0.6 is 0 Å². The maximum atomic E-state index is 10.5. The van der Waals surface area contributed by atoms with Crippen LogP contribution < -0.4 is 0 Å². The van der Waals surface area contributed by atoms with E-state index in [-0.39, 0.29) is 0 Å². The van der Waals surface area contributed by atoms with Crippen molar-refractivity contribution < 1.29 is 29.3 Å². The highest BCUT2D eigenvalue weighted by molar-refractivity contribution is 5.88. The van der Waals surface area contributed by atoms with Gasteiger partial charge in [-0.3, -0.25) is 9.59 Å². The molecule has 0 heterocycles. The molecule has 0 spiro atoms. The molecule has 1 unspecified atom stereocenters. The van der Waals surface area contributed by atoms with E-state index in [1.54, 1.807) is 0 Å². The van der Waals surface area contributed by atoms with Gasteiger partial charge in [-0.05, 0) is 0 Å². The minimum Gasteiger partial charge on any atom is -0.481 e. The minimum atomic E-state index is -1.79. The van der Waals surface area contributed by atoms with Gasteiger partial charge in [0.25, 0.3) is 0 Å². The van der Waals surface area contributed by atoms with Gasteiger partial charge in [0.1, 0.15) is 0 Å². The average molecular weight is 234 g/mol. The lowest BCUT2D eigenvalue weighted by Crippen LogP contribution is -2.27. The molecule has 0 bridgehead atoms. The molecule has 0 aliphatic heterocycles. The lowest BCUT2D eigenvalue weighted by Gasteiger charge is -2.04. The summed E-state index contributed by atoms with van der Waals surface area (Å²) in [6.07, 6.45) is 0.0814. The summed E-state index contributed by atoms with van der Waals surface area (Å²) in [4.78, 5) is 30.6. The molecular formula is C10H18O6. The second-order valence-corrected chi connectivity index (χ2v) is 3.03. The van der Waals surface area contributed by atoms with E-state index in [4.69, 9.17) is 10.2 Å². The van der Waals surface area contributed by atoms with Crippen LogP contribution in [0.25, 0.3) is 0 Å². The number of aliphatic hydroxyl groups is 1. The van der Waals surface area contributed by atoms with Gasteiger partial charge >= 0.3 is 17.9 Å². The maximum Gasteiger partial charge on any atom is 0.343 e. The number of aliphatic carboxylic acids is 1. The van der Waals surface area contributed by atoms with Crippen LogP contribution in [0, 0.1) is 0 Å². The number of hydrogen-bond acceptors (Lipinski definition) is 5. The topological polar surface area (TPSA) is 101 Å². The van der Waals surface area contributed by atoms with Crippen LogP contribution in [0.2, 0.25) is 0 Å². The van der Waals surface area contributed by atoms with E-state index in [1.165, 1.54) is 12.8 Å². The zero-order valence-corrected chi connectivity index (χ0v) is 9.73. The van der Waals surface area contributed by atoms with Gasteiger partial charge in [0.2, 0.25) is 0 Å². The van der Waals surface area contributed by atoms with Crippen LogP contribution in [0.5, 0.6) is 0 Å². The Kier molecular flexibility index (Phi) is 10.7. The van der Waals surface area contributed by atoms with Gasteiger partial charge in [-0.25, -0.2) is 4.79 Å². The molecule has 2 N–H and O–H groups in total. The van der Waals surface area contributed by atoms with E-state index in [1.807, 2.05) is 0 Å². The molecule has 0 aromatic heterocycles. The van der Waals surface area contributed by atoms with Gasteiger partial charge in [-0.15, -0.1) is 0 Å². The molecule has 0 aromatic rings. The number of carbonyl (C=O) groups excluding carboxylic acids is 2. The summed E-state index contributed by atoms with van der Waals surface area (Å²) in [6.45, 7) is 5.34. The summed E-state index contributed by atoms with van der Waals surface area (Å²) in [6, 6.07) is 0. The maximum absolute atomic E-state index is 10.5. The Morgan fingerprint density at radius 1 is 1.19 bits per heavy atom. The quantitative estimate of drug-likeness (QED) is 0.549. The van der Waals surface area contributed by atoms with Crippen molar-refractivity contribution in [3.05, 3.63) is 0 Å². The Bertz CT molecular complexity index is 233. The monoisotopic (exact) mass is 234 g/mol. The second-order valence-electron chi connectivity index (χ2n) is 3.03. The molecular weight excluding hydrogens is 216 g/mol. The third-order valence-electron chi connectivity index (χ3n) is 1.38. The van der Waals surface area contributed by atoms with Gasteiger partial charge in [0, 0.05) is 6.92 Å². The van der Waals surface area contributed by atoms with E-state index >= 15 is 0 Å². The Balaban J connectivity index is 0. The molecule has 1 atom stereocenters. The molecule has 0 aromatic carbocycles. The van der Waals surface area contributed by atoms with Crippen molar-refractivity contribution in [1.82, 2.24) is 0 Å². The Morgan fingerprint density at radius 3 is 1.88 bits per heavy atom. The van der Waals surface area contributed by atoms with Gasteiger partial charge in [0.15, 0.2) is 6.10 Å². The zero-order chi connectivity index (χ0) is 13.1. The van der Waals surface area contributed by atoms with Crippen molar-refractivity contribution in [2.45, 2.75) is 46.1 Å². The highest BCUT2D eigenvalue weighted by Crippen LogP contribution is 1.95. The summed E-state index contributed by atoms with van der Waals surface area (Å²) in [7, 11) is 0. The molecule has 0 amide bonds.